The second-order valence-electron chi connectivity index (χ2n) is 9.01. The van der Waals surface area contributed by atoms with E-state index in [1.807, 2.05) is 0 Å². The zero-order valence-electron chi connectivity index (χ0n) is 18.7. The van der Waals surface area contributed by atoms with Gasteiger partial charge < -0.3 is 4.90 Å². The third kappa shape index (κ3) is 11.0. The fourth-order valence-electron chi connectivity index (χ4n) is 4.56. The van der Waals surface area contributed by atoms with Crippen LogP contribution in [-0.2, 0) is 9.59 Å². The summed E-state index contributed by atoms with van der Waals surface area (Å²) in [6.45, 7) is 4.62. The normalized spacial score (nSPS) is 17.6. The molecular formula is C25H44N2O2. The molecule has 2 heterocycles. The van der Waals surface area contributed by atoms with Crippen molar-refractivity contribution < 1.29 is 9.59 Å². The van der Waals surface area contributed by atoms with Gasteiger partial charge >= 0.3 is 0 Å². The van der Waals surface area contributed by atoms with Gasteiger partial charge in [0, 0.05) is 18.7 Å². The smallest absolute Gasteiger partial charge is 0.253 e. The van der Waals surface area contributed by atoms with Crippen molar-refractivity contribution in [3.05, 3.63) is 12.2 Å². The van der Waals surface area contributed by atoms with Crippen LogP contribution in [0.2, 0.25) is 0 Å². The molecule has 2 amide bonds. The molecular weight excluding hydrogens is 360 g/mol. The van der Waals surface area contributed by atoms with Crippen LogP contribution in [0.5, 0.6) is 0 Å². The molecule has 2 aliphatic rings. The van der Waals surface area contributed by atoms with E-state index in [2.05, 4.69) is 4.90 Å². The monoisotopic (exact) mass is 404 g/mol. The van der Waals surface area contributed by atoms with Crippen LogP contribution in [0.1, 0.15) is 109 Å². The summed E-state index contributed by atoms with van der Waals surface area (Å²) in [6, 6.07) is 0. The van der Waals surface area contributed by atoms with Crippen molar-refractivity contribution in [3.63, 3.8) is 0 Å². The predicted molar refractivity (Wildman–Crippen MR) is 121 cm³/mol. The molecule has 29 heavy (non-hydrogen) atoms. The SMILES string of the molecule is O=C1C=CC(=O)N1CCCCCCCCCCCCCCCCN1CCCCC1. The summed E-state index contributed by atoms with van der Waals surface area (Å²) < 4.78 is 0. The van der Waals surface area contributed by atoms with Gasteiger partial charge in [-0.05, 0) is 45.3 Å². The number of hydrogen-bond acceptors (Lipinski definition) is 3. The summed E-state index contributed by atoms with van der Waals surface area (Å²) in [5.74, 6) is -0.292. The van der Waals surface area contributed by atoms with E-state index < -0.39 is 0 Å². The number of carbonyl (C=O) groups is 2. The molecule has 0 spiro atoms. The number of piperidine rings is 1. The summed E-state index contributed by atoms with van der Waals surface area (Å²) in [4.78, 5) is 26.9. The Bertz CT molecular complexity index is 465. The molecule has 0 aromatic heterocycles. The Balaban J connectivity index is 1.24. The van der Waals surface area contributed by atoms with Crippen molar-refractivity contribution >= 4 is 11.8 Å². The van der Waals surface area contributed by atoms with E-state index in [1.165, 1.54) is 133 Å². The number of amides is 2. The molecule has 0 bridgehead atoms. The number of nitrogens with zero attached hydrogens (tertiary/aromatic N) is 2. The Kier molecular flexibility index (Phi) is 13.0. The van der Waals surface area contributed by atoms with E-state index in [0.717, 1.165) is 12.8 Å². The summed E-state index contributed by atoms with van der Waals surface area (Å²) >= 11 is 0. The topological polar surface area (TPSA) is 40.6 Å². The Morgan fingerprint density at radius 3 is 1.34 bits per heavy atom. The third-order valence-corrected chi connectivity index (χ3v) is 6.46. The lowest BCUT2D eigenvalue weighted by Gasteiger charge is -2.26. The van der Waals surface area contributed by atoms with Crippen molar-refractivity contribution in [2.75, 3.05) is 26.2 Å². The van der Waals surface area contributed by atoms with E-state index in [0.29, 0.717) is 6.54 Å². The Morgan fingerprint density at radius 1 is 0.517 bits per heavy atom. The highest BCUT2D eigenvalue weighted by atomic mass is 16.2. The van der Waals surface area contributed by atoms with Crippen molar-refractivity contribution in [2.45, 2.75) is 109 Å². The standard InChI is InChI=1S/C25H44N2O2/c28-24-18-19-25(29)27(24)23-17-12-10-8-6-4-2-1-3-5-7-9-11-14-20-26-21-15-13-16-22-26/h18-19H,1-17,20-23H2. The Labute approximate surface area is 179 Å². The highest BCUT2D eigenvalue weighted by Gasteiger charge is 2.22. The first kappa shape index (κ1) is 24.1. The van der Waals surface area contributed by atoms with Gasteiger partial charge in [-0.3, -0.25) is 14.5 Å². The fourth-order valence-corrected chi connectivity index (χ4v) is 4.56. The summed E-state index contributed by atoms with van der Waals surface area (Å²) in [6.07, 6.45) is 25.6. The highest BCUT2D eigenvalue weighted by Crippen LogP contribution is 2.14. The van der Waals surface area contributed by atoms with Crippen molar-refractivity contribution in [2.24, 2.45) is 0 Å². The zero-order valence-corrected chi connectivity index (χ0v) is 18.7. The minimum atomic E-state index is -0.146. The van der Waals surface area contributed by atoms with Crippen LogP contribution in [0.3, 0.4) is 0 Å². The summed E-state index contributed by atoms with van der Waals surface area (Å²) in [5.41, 5.74) is 0. The first-order valence-corrected chi connectivity index (χ1v) is 12.5. The van der Waals surface area contributed by atoms with Crippen molar-refractivity contribution in [3.8, 4) is 0 Å². The Hall–Kier alpha value is -1.16. The van der Waals surface area contributed by atoms with Crippen molar-refractivity contribution in [1.29, 1.82) is 0 Å². The van der Waals surface area contributed by atoms with Crippen LogP contribution in [0.25, 0.3) is 0 Å². The lowest BCUT2D eigenvalue weighted by molar-refractivity contribution is -0.136. The summed E-state index contributed by atoms with van der Waals surface area (Å²) in [5, 5.41) is 0. The minimum Gasteiger partial charge on any atom is -0.303 e. The van der Waals surface area contributed by atoms with Gasteiger partial charge in [0.15, 0.2) is 0 Å². The second kappa shape index (κ2) is 15.6. The highest BCUT2D eigenvalue weighted by molar-refractivity contribution is 6.12. The predicted octanol–water partition coefficient (Wildman–Crippen LogP) is 5.86. The number of rotatable bonds is 17. The number of imide groups is 1. The average Bonchev–Trinajstić information content (AvgIpc) is 3.06. The molecule has 0 saturated carbocycles. The molecule has 166 valence electrons. The van der Waals surface area contributed by atoms with Gasteiger partial charge in [-0.25, -0.2) is 0 Å². The first-order chi connectivity index (χ1) is 14.3. The van der Waals surface area contributed by atoms with E-state index in [4.69, 9.17) is 0 Å². The van der Waals surface area contributed by atoms with Gasteiger partial charge in [0.1, 0.15) is 0 Å². The zero-order chi connectivity index (χ0) is 20.6. The molecule has 0 N–H and O–H groups in total. The third-order valence-electron chi connectivity index (χ3n) is 6.46. The average molecular weight is 405 g/mol. The number of unbranched alkanes of at least 4 members (excludes halogenated alkanes) is 13. The quantitative estimate of drug-likeness (QED) is 0.225. The fraction of sp³-hybridized carbons (Fsp3) is 0.840. The maximum absolute atomic E-state index is 11.4. The number of hydrogen-bond donors (Lipinski definition) is 0. The number of likely N-dealkylation sites (tertiary alicyclic amines) is 1. The molecule has 4 heteroatoms. The van der Waals surface area contributed by atoms with Gasteiger partial charge in [0.2, 0.25) is 0 Å². The molecule has 0 aromatic carbocycles. The largest absolute Gasteiger partial charge is 0.303 e. The minimum absolute atomic E-state index is 0.146. The van der Waals surface area contributed by atoms with Crippen LogP contribution in [0.15, 0.2) is 12.2 Å². The molecule has 0 aliphatic carbocycles. The molecule has 0 aromatic rings. The van der Waals surface area contributed by atoms with Crippen LogP contribution >= 0.6 is 0 Å². The molecule has 0 atom stereocenters. The molecule has 1 saturated heterocycles. The molecule has 2 aliphatic heterocycles. The molecule has 4 nitrogen and oxygen atoms in total. The van der Waals surface area contributed by atoms with Gasteiger partial charge in [0.05, 0.1) is 0 Å². The molecule has 0 unspecified atom stereocenters. The van der Waals surface area contributed by atoms with Crippen LogP contribution < -0.4 is 0 Å². The lowest BCUT2D eigenvalue weighted by Crippen LogP contribution is -2.30. The van der Waals surface area contributed by atoms with Gasteiger partial charge in [-0.1, -0.05) is 83.5 Å². The molecule has 2 rings (SSSR count). The van der Waals surface area contributed by atoms with Gasteiger partial charge in [-0.15, -0.1) is 0 Å². The van der Waals surface area contributed by atoms with Crippen molar-refractivity contribution in [1.82, 2.24) is 9.80 Å². The van der Waals surface area contributed by atoms with Crippen LogP contribution in [-0.4, -0.2) is 47.8 Å². The van der Waals surface area contributed by atoms with Crippen LogP contribution in [0, 0.1) is 0 Å². The molecule has 0 radical (unpaired) electrons. The summed E-state index contributed by atoms with van der Waals surface area (Å²) in [7, 11) is 0. The first-order valence-electron chi connectivity index (χ1n) is 12.5. The van der Waals surface area contributed by atoms with E-state index >= 15 is 0 Å². The maximum atomic E-state index is 11.4. The van der Waals surface area contributed by atoms with Crippen LogP contribution in [0.4, 0.5) is 0 Å². The lowest BCUT2D eigenvalue weighted by atomic mass is 10.0. The van der Waals surface area contributed by atoms with Gasteiger partial charge in [0.25, 0.3) is 11.8 Å². The van der Waals surface area contributed by atoms with E-state index in [-0.39, 0.29) is 11.8 Å². The molecule has 1 fully saturated rings. The number of carbonyl (C=O) groups excluding carboxylic acids is 2. The van der Waals surface area contributed by atoms with E-state index in [9.17, 15) is 9.59 Å². The van der Waals surface area contributed by atoms with E-state index in [1.54, 1.807) is 0 Å². The van der Waals surface area contributed by atoms with Gasteiger partial charge in [-0.2, -0.15) is 0 Å². The Morgan fingerprint density at radius 2 is 0.897 bits per heavy atom. The second-order valence-corrected chi connectivity index (χ2v) is 9.01. The maximum Gasteiger partial charge on any atom is 0.253 e.